The third kappa shape index (κ3) is 2.79. The maximum absolute atomic E-state index is 9.86. The number of rotatable bonds is 4. The Labute approximate surface area is 141 Å². The van der Waals surface area contributed by atoms with Crippen LogP contribution >= 0.6 is 11.3 Å². The maximum atomic E-state index is 9.86. The van der Waals surface area contributed by atoms with Crippen molar-refractivity contribution < 1.29 is 5.11 Å². The molecule has 0 aliphatic heterocycles. The smallest absolute Gasteiger partial charge is 0.257 e. The Morgan fingerprint density at radius 3 is 2.83 bits per heavy atom. The van der Waals surface area contributed by atoms with Crippen molar-refractivity contribution in [3.8, 4) is 16.5 Å². The Balaban J connectivity index is 1.51. The Morgan fingerprint density at radius 2 is 2.00 bits per heavy atom. The van der Waals surface area contributed by atoms with E-state index in [1.165, 1.54) is 10.6 Å². The molecule has 3 aromatic heterocycles. The van der Waals surface area contributed by atoms with Crippen LogP contribution in [0.25, 0.3) is 16.3 Å². The van der Waals surface area contributed by atoms with Crippen LogP contribution in [-0.2, 0) is 6.54 Å². The fourth-order valence-corrected chi connectivity index (χ4v) is 3.14. The van der Waals surface area contributed by atoms with Crippen LogP contribution in [0.5, 0.6) is 5.88 Å². The fourth-order valence-electron chi connectivity index (χ4n) is 2.31. The zero-order chi connectivity index (χ0) is 16.5. The lowest BCUT2D eigenvalue weighted by Crippen LogP contribution is -2.01. The van der Waals surface area contributed by atoms with Gasteiger partial charge in [0.05, 0.1) is 12.2 Å². The van der Waals surface area contributed by atoms with Gasteiger partial charge in [0.15, 0.2) is 0 Å². The number of aromatic hydroxyl groups is 1. The number of aromatic nitrogens is 5. The molecule has 0 atom stereocenters. The van der Waals surface area contributed by atoms with Gasteiger partial charge >= 0.3 is 0 Å². The van der Waals surface area contributed by atoms with E-state index in [1.807, 2.05) is 35.7 Å². The SMILES string of the molecule is Cc1cc(O)n2nc(NCc3csc(-c4ccccc4)n3)nc2n1. The number of anilines is 1. The van der Waals surface area contributed by atoms with Crippen molar-refractivity contribution in [3.05, 3.63) is 53.2 Å². The molecule has 2 N–H and O–H groups in total. The summed E-state index contributed by atoms with van der Waals surface area (Å²) >= 11 is 1.60. The summed E-state index contributed by atoms with van der Waals surface area (Å²) in [6.07, 6.45) is 0. The highest BCUT2D eigenvalue weighted by Gasteiger charge is 2.10. The predicted molar refractivity (Wildman–Crippen MR) is 92.1 cm³/mol. The van der Waals surface area contributed by atoms with E-state index in [4.69, 9.17) is 0 Å². The monoisotopic (exact) mass is 338 g/mol. The number of aryl methyl sites for hydroxylation is 1. The van der Waals surface area contributed by atoms with Gasteiger partial charge in [-0.25, -0.2) is 9.97 Å². The highest BCUT2D eigenvalue weighted by atomic mass is 32.1. The van der Waals surface area contributed by atoms with Crippen LogP contribution in [0.2, 0.25) is 0 Å². The first kappa shape index (κ1) is 14.6. The van der Waals surface area contributed by atoms with Crippen molar-refractivity contribution in [3.63, 3.8) is 0 Å². The Bertz CT molecular complexity index is 994. The zero-order valence-corrected chi connectivity index (χ0v) is 13.7. The van der Waals surface area contributed by atoms with Crippen LogP contribution in [0.15, 0.2) is 41.8 Å². The van der Waals surface area contributed by atoms with Gasteiger partial charge in [-0.15, -0.1) is 16.4 Å². The van der Waals surface area contributed by atoms with Gasteiger partial charge in [0.1, 0.15) is 5.01 Å². The van der Waals surface area contributed by atoms with Gasteiger partial charge in [-0.05, 0) is 6.92 Å². The molecule has 0 amide bonds. The summed E-state index contributed by atoms with van der Waals surface area (Å²) < 4.78 is 1.30. The minimum Gasteiger partial charge on any atom is -0.493 e. The molecule has 4 aromatic rings. The van der Waals surface area contributed by atoms with Crippen molar-refractivity contribution in [1.82, 2.24) is 24.6 Å². The molecule has 0 radical (unpaired) electrons. The Morgan fingerprint density at radius 1 is 1.17 bits per heavy atom. The third-order valence-electron chi connectivity index (χ3n) is 3.42. The number of hydrogen-bond donors (Lipinski definition) is 2. The number of hydrogen-bond acceptors (Lipinski definition) is 7. The van der Waals surface area contributed by atoms with E-state index in [0.29, 0.717) is 24.0 Å². The summed E-state index contributed by atoms with van der Waals surface area (Å²) in [5.74, 6) is 0.772. The fraction of sp³-hybridized carbons (Fsp3) is 0.125. The van der Waals surface area contributed by atoms with Gasteiger partial charge in [-0.3, -0.25) is 0 Å². The molecule has 0 spiro atoms. The van der Waals surface area contributed by atoms with Gasteiger partial charge < -0.3 is 10.4 Å². The van der Waals surface area contributed by atoms with E-state index in [0.717, 1.165) is 16.3 Å². The lowest BCUT2D eigenvalue weighted by atomic mass is 10.2. The average Bonchev–Trinajstić information content (AvgIpc) is 3.20. The van der Waals surface area contributed by atoms with Crippen molar-refractivity contribution in [2.75, 3.05) is 5.32 Å². The molecule has 120 valence electrons. The topological polar surface area (TPSA) is 88.2 Å². The molecular weight excluding hydrogens is 324 g/mol. The van der Waals surface area contributed by atoms with Gasteiger partial charge in [0, 0.05) is 22.7 Å². The van der Waals surface area contributed by atoms with Crippen molar-refractivity contribution in [2.45, 2.75) is 13.5 Å². The molecule has 8 heteroatoms. The minimum absolute atomic E-state index is 0.0121. The highest BCUT2D eigenvalue weighted by molar-refractivity contribution is 7.13. The van der Waals surface area contributed by atoms with Crippen molar-refractivity contribution >= 4 is 23.1 Å². The number of fused-ring (bicyclic) bond motifs is 1. The molecule has 0 aliphatic rings. The highest BCUT2D eigenvalue weighted by Crippen LogP contribution is 2.23. The van der Waals surface area contributed by atoms with Gasteiger partial charge in [0.25, 0.3) is 5.78 Å². The molecule has 4 rings (SSSR count). The van der Waals surface area contributed by atoms with Gasteiger partial charge in [-0.2, -0.15) is 9.50 Å². The zero-order valence-electron chi connectivity index (χ0n) is 12.8. The molecule has 7 nitrogen and oxygen atoms in total. The van der Waals surface area contributed by atoms with E-state index in [-0.39, 0.29) is 5.88 Å². The number of thiazole rings is 1. The number of benzene rings is 1. The molecule has 0 fully saturated rings. The van der Waals surface area contributed by atoms with Crippen LogP contribution < -0.4 is 5.32 Å². The van der Waals surface area contributed by atoms with E-state index < -0.39 is 0 Å². The van der Waals surface area contributed by atoms with Crippen LogP contribution in [0.1, 0.15) is 11.4 Å². The first-order valence-electron chi connectivity index (χ1n) is 7.36. The predicted octanol–water partition coefficient (Wildman–Crippen LogP) is 2.87. The minimum atomic E-state index is 0.0121. The molecule has 24 heavy (non-hydrogen) atoms. The summed E-state index contributed by atoms with van der Waals surface area (Å²) in [5.41, 5.74) is 2.70. The van der Waals surface area contributed by atoms with Crippen LogP contribution in [0.4, 0.5) is 5.95 Å². The second kappa shape index (κ2) is 5.89. The van der Waals surface area contributed by atoms with E-state index in [1.54, 1.807) is 18.3 Å². The summed E-state index contributed by atoms with van der Waals surface area (Å²) in [5, 5.41) is 20.1. The summed E-state index contributed by atoms with van der Waals surface area (Å²) in [6.45, 7) is 2.29. The second-order valence-electron chi connectivity index (χ2n) is 5.27. The van der Waals surface area contributed by atoms with Crippen molar-refractivity contribution in [2.24, 2.45) is 0 Å². The van der Waals surface area contributed by atoms with E-state index in [2.05, 4.69) is 25.4 Å². The van der Waals surface area contributed by atoms with Crippen LogP contribution in [-0.4, -0.2) is 29.7 Å². The normalized spacial score (nSPS) is 11.0. The molecule has 0 unspecified atom stereocenters. The summed E-state index contributed by atoms with van der Waals surface area (Å²) in [6, 6.07) is 11.6. The van der Waals surface area contributed by atoms with Gasteiger partial charge in [-0.1, -0.05) is 30.3 Å². The Hall–Kier alpha value is -3.00. The molecule has 0 saturated carbocycles. The first-order valence-corrected chi connectivity index (χ1v) is 8.24. The molecule has 1 aromatic carbocycles. The van der Waals surface area contributed by atoms with Crippen LogP contribution in [0, 0.1) is 6.92 Å². The lowest BCUT2D eigenvalue weighted by molar-refractivity contribution is 0.434. The Kier molecular flexibility index (Phi) is 3.58. The molecule has 0 bridgehead atoms. The third-order valence-corrected chi connectivity index (χ3v) is 4.36. The summed E-state index contributed by atoms with van der Waals surface area (Å²) in [7, 11) is 0. The summed E-state index contributed by atoms with van der Waals surface area (Å²) in [4.78, 5) is 13.1. The number of nitrogens with one attached hydrogen (secondary N) is 1. The maximum Gasteiger partial charge on any atom is 0.257 e. The van der Waals surface area contributed by atoms with Crippen LogP contribution in [0.3, 0.4) is 0 Å². The lowest BCUT2D eigenvalue weighted by Gasteiger charge is -1.98. The average molecular weight is 338 g/mol. The van der Waals surface area contributed by atoms with Gasteiger partial charge in [0.2, 0.25) is 11.8 Å². The van der Waals surface area contributed by atoms with Crippen molar-refractivity contribution in [1.29, 1.82) is 0 Å². The molecule has 3 heterocycles. The molecular formula is C16H14N6OS. The standard InChI is InChI=1S/C16H14N6OS/c1-10-7-13(23)22-16(18-10)20-15(21-22)17-8-12-9-24-14(19-12)11-5-3-2-4-6-11/h2-7,9,23H,8H2,1H3,(H,17,21). The van der Waals surface area contributed by atoms with E-state index in [9.17, 15) is 5.11 Å². The largest absolute Gasteiger partial charge is 0.493 e. The molecule has 0 aliphatic carbocycles. The second-order valence-corrected chi connectivity index (χ2v) is 6.12. The number of nitrogens with zero attached hydrogens (tertiary/aromatic N) is 5. The molecule has 0 saturated heterocycles. The van der Waals surface area contributed by atoms with E-state index >= 15 is 0 Å². The quantitative estimate of drug-likeness (QED) is 0.595. The first-order chi connectivity index (χ1) is 11.7.